The third-order valence-corrected chi connectivity index (χ3v) is 3.29. The van der Waals surface area contributed by atoms with Crippen LogP contribution in [0.15, 0.2) is 24.5 Å². The molecule has 1 aromatic heterocycles. The minimum Gasteiger partial charge on any atom is -0.325 e. The average molecular weight is 258 g/mol. The first-order valence-electron chi connectivity index (χ1n) is 6.60. The third kappa shape index (κ3) is 4.34. The molecule has 0 unspecified atom stereocenters. The minimum absolute atomic E-state index is 0.00733. The van der Waals surface area contributed by atoms with Crippen LogP contribution >= 0.6 is 0 Å². The standard InChI is InChI=1S/C14H18N4O/c15-9-12-3-2-7-18(11-12)8-5-14(19)17-13-4-1-6-16-10-13/h1,4,6,10,12H,2-3,5,7-8,11H2,(H,17,19)/t12-/m0/s1. The highest BCUT2D eigenvalue weighted by Gasteiger charge is 2.19. The second-order valence-electron chi connectivity index (χ2n) is 4.81. The summed E-state index contributed by atoms with van der Waals surface area (Å²) < 4.78 is 0. The molecular weight excluding hydrogens is 240 g/mol. The van der Waals surface area contributed by atoms with Gasteiger partial charge in [0.15, 0.2) is 0 Å². The highest BCUT2D eigenvalue weighted by molar-refractivity contribution is 5.90. The number of nitrogens with zero attached hydrogens (tertiary/aromatic N) is 3. The van der Waals surface area contributed by atoms with Gasteiger partial charge in [-0.2, -0.15) is 5.26 Å². The lowest BCUT2D eigenvalue weighted by atomic mass is 10.00. The molecule has 0 saturated carbocycles. The number of hydrogen-bond acceptors (Lipinski definition) is 4. The average Bonchev–Trinajstić information content (AvgIpc) is 2.46. The van der Waals surface area contributed by atoms with Crippen LogP contribution in [0.3, 0.4) is 0 Å². The Bertz CT molecular complexity index is 454. The summed E-state index contributed by atoms with van der Waals surface area (Å²) >= 11 is 0. The predicted molar refractivity (Wildman–Crippen MR) is 72.3 cm³/mol. The maximum absolute atomic E-state index is 11.8. The van der Waals surface area contributed by atoms with Gasteiger partial charge in [0.2, 0.25) is 5.91 Å². The van der Waals surface area contributed by atoms with Crippen LogP contribution in [0.25, 0.3) is 0 Å². The van der Waals surface area contributed by atoms with E-state index in [0.717, 1.165) is 31.6 Å². The van der Waals surface area contributed by atoms with Crippen molar-refractivity contribution in [3.05, 3.63) is 24.5 Å². The molecule has 1 fully saturated rings. The number of hydrogen-bond donors (Lipinski definition) is 1. The lowest BCUT2D eigenvalue weighted by molar-refractivity contribution is -0.116. The number of likely N-dealkylation sites (tertiary alicyclic amines) is 1. The molecule has 1 aliphatic heterocycles. The smallest absolute Gasteiger partial charge is 0.225 e. The van der Waals surface area contributed by atoms with Crippen LogP contribution in [0.1, 0.15) is 19.3 Å². The van der Waals surface area contributed by atoms with E-state index >= 15 is 0 Å². The molecule has 0 spiro atoms. The highest BCUT2D eigenvalue weighted by Crippen LogP contribution is 2.15. The summed E-state index contributed by atoms with van der Waals surface area (Å²) in [6, 6.07) is 5.92. The minimum atomic E-state index is -0.00733. The van der Waals surface area contributed by atoms with Crippen LogP contribution < -0.4 is 5.32 Å². The highest BCUT2D eigenvalue weighted by atomic mass is 16.1. The van der Waals surface area contributed by atoms with Gasteiger partial charge in [-0.3, -0.25) is 9.78 Å². The molecule has 100 valence electrons. The van der Waals surface area contributed by atoms with Crippen LogP contribution in [0.5, 0.6) is 0 Å². The van der Waals surface area contributed by atoms with Gasteiger partial charge < -0.3 is 10.2 Å². The van der Waals surface area contributed by atoms with Gasteiger partial charge in [0.1, 0.15) is 0 Å². The summed E-state index contributed by atoms with van der Waals surface area (Å²) in [5.41, 5.74) is 0.723. The predicted octanol–water partition coefficient (Wildman–Crippen LogP) is 1.65. The number of rotatable bonds is 4. The molecule has 1 aliphatic rings. The number of pyridine rings is 1. The van der Waals surface area contributed by atoms with Gasteiger partial charge >= 0.3 is 0 Å². The first kappa shape index (κ1) is 13.5. The summed E-state index contributed by atoms with van der Waals surface area (Å²) in [4.78, 5) is 17.9. The van der Waals surface area contributed by atoms with Crippen molar-refractivity contribution < 1.29 is 4.79 Å². The molecule has 19 heavy (non-hydrogen) atoms. The number of nitrogens with one attached hydrogen (secondary N) is 1. The summed E-state index contributed by atoms with van der Waals surface area (Å²) in [5.74, 6) is 0.113. The molecule has 2 rings (SSSR count). The summed E-state index contributed by atoms with van der Waals surface area (Å²) in [6.07, 6.45) is 5.78. The van der Waals surface area contributed by atoms with Crippen LogP contribution in [-0.2, 0) is 4.79 Å². The number of amides is 1. The van der Waals surface area contributed by atoms with Crippen molar-refractivity contribution in [1.29, 1.82) is 5.26 Å². The fraction of sp³-hybridized carbons (Fsp3) is 0.500. The fourth-order valence-electron chi connectivity index (χ4n) is 2.28. The molecular formula is C14H18N4O. The lowest BCUT2D eigenvalue weighted by Crippen LogP contribution is -2.36. The van der Waals surface area contributed by atoms with E-state index < -0.39 is 0 Å². The summed E-state index contributed by atoms with van der Waals surface area (Å²) in [6.45, 7) is 2.49. The molecule has 5 nitrogen and oxygen atoms in total. The number of carbonyl (C=O) groups excluding carboxylic acids is 1. The molecule has 1 amide bonds. The van der Waals surface area contributed by atoms with Gasteiger partial charge in [0.25, 0.3) is 0 Å². The van der Waals surface area contributed by atoms with Crippen molar-refractivity contribution in [3.8, 4) is 6.07 Å². The maximum atomic E-state index is 11.8. The van der Waals surface area contributed by atoms with Crippen molar-refractivity contribution in [2.45, 2.75) is 19.3 Å². The van der Waals surface area contributed by atoms with E-state index in [0.29, 0.717) is 13.0 Å². The van der Waals surface area contributed by atoms with Gasteiger partial charge in [-0.05, 0) is 31.5 Å². The molecule has 5 heteroatoms. The molecule has 1 aromatic rings. The summed E-state index contributed by atoms with van der Waals surface area (Å²) in [5, 5.41) is 11.7. The van der Waals surface area contributed by atoms with Crippen molar-refractivity contribution in [2.24, 2.45) is 5.92 Å². The van der Waals surface area contributed by atoms with Gasteiger partial charge in [-0.1, -0.05) is 0 Å². The maximum Gasteiger partial charge on any atom is 0.225 e. The number of nitriles is 1. The Hall–Kier alpha value is -1.93. The van der Waals surface area contributed by atoms with Gasteiger partial charge in [-0.25, -0.2) is 0 Å². The second-order valence-corrected chi connectivity index (χ2v) is 4.81. The van der Waals surface area contributed by atoms with E-state index in [1.165, 1.54) is 0 Å². The van der Waals surface area contributed by atoms with E-state index in [1.54, 1.807) is 18.5 Å². The summed E-state index contributed by atoms with van der Waals surface area (Å²) in [7, 11) is 0. The number of anilines is 1. The normalized spacial score (nSPS) is 19.6. The molecule has 0 radical (unpaired) electrons. The van der Waals surface area contributed by atoms with E-state index in [1.807, 2.05) is 6.07 Å². The Morgan fingerprint density at radius 3 is 3.26 bits per heavy atom. The monoisotopic (exact) mass is 258 g/mol. The topological polar surface area (TPSA) is 69.0 Å². The van der Waals surface area contributed by atoms with Crippen LogP contribution in [0.2, 0.25) is 0 Å². The van der Waals surface area contributed by atoms with Crippen molar-refractivity contribution >= 4 is 11.6 Å². The quantitative estimate of drug-likeness (QED) is 0.891. The van der Waals surface area contributed by atoms with Crippen LogP contribution in [0, 0.1) is 17.2 Å². The van der Waals surface area contributed by atoms with Crippen LogP contribution in [0.4, 0.5) is 5.69 Å². The molecule has 1 saturated heterocycles. The van der Waals surface area contributed by atoms with E-state index in [9.17, 15) is 4.79 Å². The van der Waals surface area contributed by atoms with Crippen molar-refractivity contribution in [3.63, 3.8) is 0 Å². The molecule has 1 N–H and O–H groups in total. The zero-order valence-corrected chi connectivity index (χ0v) is 10.9. The van der Waals surface area contributed by atoms with Gasteiger partial charge in [-0.15, -0.1) is 0 Å². The zero-order chi connectivity index (χ0) is 13.5. The molecule has 2 heterocycles. The number of aromatic nitrogens is 1. The van der Waals surface area contributed by atoms with Crippen molar-refractivity contribution in [2.75, 3.05) is 25.0 Å². The first-order valence-corrected chi connectivity index (χ1v) is 6.60. The second kappa shape index (κ2) is 6.86. The Morgan fingerprint density at radius 1 is 1.63 bits per heavy atom. The Morgan fingerprint density at radius 2 is 2.53 bits per heavy atom. The Balaban J connectivity index is 1.73. The first-order chi connectivity index (χ1) is 9.28. The molecule has 1 atom stereocenters. The lowest BCUT2D eigenvalue weighted by Gasteiger charge is -2.29. The van der Waals surface area contributed by atoms with E-state index in [2.05, 4.69) is 21.3 Å². The Kier molecular flexibility index (Phi) is 4.87. The fourth-order valence-corrected chi connectivity index (χ4v) is 2.28. The van der Waals surface area contributed by atoms with Crippen LogP contribution in [-0.4, -0.2) is 35.4 Å². The van der Waals surface area contributed by atoms with Crippen molar-refractivity contribution in [1.82, 2.24) is 9.88 Å². The van der Waals surface area contributed by atoms with E-state index in [4.69, 9.17) is 5.26 Å². The number of carbonyl (C=O) groups is 1. The Labute approximate surface area is 113 Å². The zero-order valence-electron chi connectivity index (χ0n) is 10.9. The largest absolute Gasteiger partial charge is 0.325 e. The number of piperidine rings is 1. The molecule has 0 bridgehead atoms. The van der Waals surface area contributed by atoms with Gasteiger partial charge in [0, 0.05) is 25.7 Å². The third-order valence-electron chi connectivity index (χ3n) is 3.29. The van der Waals surface area contributed by atoms with E-state index in [-0.39, 0.29) is 11.8 Å². The SMILES string of the molecule is N#C[C@@H]1CCCN(CCC(=O)Nc2cccnc2)C1. The van der Waals surface area contributed by atoms with Gasteiger partial charge in [0.05, 0.1) is 23.9 Å². The molecule has 0 aliphatic carbocycles. The molecule has 0 aromatic carbocycles.